The molecule has 2 aliphatic heterocycles. The van der Waals surface area contributed by atoms with E-state index in [0.29, 0.717) is 39.8 Å². The Labute approximate surface area is 463 Å². The van der Waals surface area contributed by atoms with E-state index in [2.05, 4.69) is 53.1 Å². The van der Waals surface area contributed by atoms with Crippen molar-refractivity contribution >= 4 is 112 Å². The first kappa shape index (κ1) is 54.2. The lowest BCUT2D eigenvalue weighted by atomic mass is 10.0. The molecule has 0 unspecified atom stereocenters. The lowest BCUT2D eigenvalue weighted by Gasteiger charge is -2.27. The maximum absolute atomic E-state index is 15.3. The molecule has 396 valence electrons. The van der Waals surface area contributed by atoms with Crippen molar-refractivity contribution in [3.8, 4) is 11.5 Å². The fourth-order valence-corrected chi connectivity index (χ4v) is 10.8. The van der Waals surface area contributed by atoms with Crippen LogP contribution in [0.3, 0.4) is 0 Å². The molecular formula is C59H58Br2N8O8. The van der Waals surface area contributed by atoms with Gasteiger partial charge in [-0.2, -0.15) is 0 Å². The molecule has 2 aliphatic rings. The summed E-state index contributed by atoms with van der Waals surface area (Å²) >= 11 is 7.15. The van der Waals surface area contributed by atoms with Crippen molar-refractivity contribution < 1.29 is 38.2 Å². The summed E-state index contributed by atoms with van der Waals surface area (Å²) in [6, 6.07) is 34.6. The molecule has 0 saturated carbocycles. The highest BCUT2D eigenvalue weighted by Crippen LogP contribution is 2.41. The SMILES string of the molecule is CN[C@@H](C)C(=O)N[C@H]1CN(C(=O)c2ccc(C(=O)N3C[C@H](NC(=O)[C@H](C)NC)C(=O)N(Cc4c(OC)ccc5cc(Br)ccc45)c4ccccc43)c(C)c2)c2ccccc2N(Cc2c(OC)ccc3cc(Br)ccc23)C1=O. The van der Waals surface area contributed by atoms with Crippen LogP contribution in [0.1, 0.15) is 51.3 Å². The number of likely N-dealkylation sites (N-methyl/N-ethyl adjacent to an activating group) is 2. The predicted molar refractivity (Wildman–Crippen MR) is 307 cm³/mol. The molecule has 9 rings (SSSR count). The largest absolute Gasteiger partial charge is 0.496 e. The van der Waals surface area contributed by atoms with Crippen molar-refractivity contribution in [2.45, 2.75) is 58.0 Å². The molecule has 4 N–H and O–H groups in total. The molecule has 0 aliphatic carbocycles. The molecule has 0 bridgehead atoms. The summed E-state index contributed by atoms with van der Waals surface area (Å²) in [6.45, 7) is 4.73. The topological polar surface area (TPSA) is 182 Å². The van der Waals surface area contributed by atoms with E-state index >= 15 is 19.2 Å². The van der Waals surface area contributed by atoms with E-state index in [1.54, 1.807) is 126 Å². The average molecular weight is 1170 g/mol. The first-order valence-electron chi connectivity index (χ1n) is 25.1. The van der Waals surface area contributed by atoms with Crippen molar-refractivity contribution in [2.75, 3.05) is 61.0 Å². The van der Waals surface area contributed by atoms with E-state index in [1.807, 2.05) is 60.7 Å². The molecule has 18 heteroatoms. The number of nitrogens with one attached hydrogen (secondary N) is 4. The molecule has 4 atom stereocenters. The third-order valence-corrected chi connectivity index (χ3v) is 15.4. The fraction of sp³-hybridized carbons (Fsp3) is 0.254. The minimum absolute atomic E-state index is 0.0430. The van der Waals surface area contributed by atoms with Crippen LogP contribution in [0.2, 0.25) is 0 Å². The minimum Gasteiger partial charge on any atom is -0.496 e. The Morgan fingerprint density at radius 3 is 1.42 bits per heavy atom. The predicted octanol–water partition coefficient (Wildman–Crippen LogP) is 8.42. The Hall–Kier alpha value is -7.64. The maximum atomic E-state index is 15.3. The Morgan fingerprint density at radius 2 is 1.00 bits per heavy atom. The summed E-state index contributed by atoms with van der Waals surface area (Å²) in [4.78, 5) is 94.0. The van der Waals surface area contributed by atoms with E-state index in [9.17, 15) is 9.59 Å². The van der Waals surface area contributed by atoms with E-state index in [4.69, 9.17) is 9.47 Å². The molecule has 7 aromatic rings. The second-order valence-electron chi connectivity index (χ2n) is 19.1. The van der Waals surface area contributed by atoms with Gasteiger partial charge in [-0.05, 0) is 141 Å². The molecule has 0 spiro atoms. The molecular weight excluding hydrogens is 1110 g/mol. The number of para-hydroxylation sites is 4. The number of fused-ring (bicyclic) bond motifs is 4. The van der Waals surface area contributed by atoms with Crippen LogP contribution in [0, 0.1) is 6.92 Å². The smallest absolute Gasteiger partial charge is 0.258 e. The van der Waals surface area contributed by atoms with Crippen LogP contribution in [-0.2, 0) is 32.3 Å². The lowest BCUT2D eigenvalue weighted by molar-refractivity contribution is -0.128. The maximum Gasteiger partial charge on any atom is 0.258 e. The standard InChI is InChI=1S/C59H58Br2N8O8/c1-33-26-38(56(72)68-31-46(64-54(70)34(2)62-4)58(74)66(48-12-8-10-14-50(48)68)29-44-42-22-19-39(60)27-36(42)17-24-52(44)76-6)16-21-41(33)57(73)69-32-47(65-55(71)35(3)63-5)59(75)67(49-13-9-11-15-51(49)69)30-45-43-23-20-40(61)28-37(43)18-25-53(45)77-7/h8-28,34-35,46-47,62-63H,29-32H2,1-7H3,(H,64,70)(H,65,71)/t34-,35-,46-,47-/m0/s1. The zero-order chi connectivity index (χ0) is 54.8. The van der Waals surface area contributed by atoms with Gasteiger partial charge in [0, 0.05) is 31.2 Å². The summed E-state index contributed by atoms with van der Waals surface area (Å²) in [5, 5.41) is 15.3. The van der Waals surface area contributed by atoms with Gasteiger partial charge in [0.1, 0.15) is 23.6 Å². The van der Waals surface area contributed by atoms with Gasteiger partial charge in [0.25, 0.3) is 23.6 Å². The highest BCUT2D eigenvalue weighted by atomic mass is 79.9. The number of amides is 6. The minimum atomic E-state index is -1.19. The Balaban J connectivity index is 1.09. The summed E-state index contributed by atoms with van der Waals surface area (Å²) < 4.78 is 13.5. The summed E-state index contributed by atoms with van der Waals surface area (Å²) in [6.07, 6.45) is 0. The number of benzene rings is 7. The van der Waals surface area contributed by atoms with Crippen molar-refractivity contribution in [1.29, 1.82) is 0 Å². The van der Waals surface area contributed by atoms with Crippen LogP contribution in [0.4, 0.5) is 22.7 Å². The van der Waals surface area contributed by atoms with E-state index in [1.165, 1.54) is 9.80 Å². The lowest BCUT2D eigenvalue weighted by Crippen LogP contribution is -2.55. The van der Waals surface area contributed by atoms with Crippen molar-refractivity contribution in [3.63, 3.8) is 0 Å². The fourth-order valence-electron chi connectivity index (χ4n) is 10.0. The number of methoxy groups -OCH3 is 2. The van der Waals surface area contributed by atoms with E-state index in [-0.39, 0.29) is 37.3 Å². The third-order valence-electron chi connectivity index (χ3n) is 14.4. The molecule has 7 aromatic carbocycles. The number of hydrogen-bond donors (Lipinski definition) is 4. The molecule has 0 aromatic heterocycles. The zero-order valence-electron chi connectivity index (χ0n) is 43.6. The van der Waals surface area contributed by atoms with Gasteiger partial charge in [-0.1, -0.05) is 80.4 Å². The molecule has 0 saturated heterocycles. The first-order valence-corrected chi connectivity index (χ1v) is 26.6. The number of carbonyl (C=O) groups is 6. The molecule has 16 nitrogen and oxygen atoms in total. The first-order chi connectivity index (χ1) is 37.0. The van der Waals surface area contributed by atoms with Crippen LogP contribution < -0.4 is 50.3 Å². The number of rotatable bonds is 14. The number of ether oxygens (including phenoxy) is 2. The van der Waals surface area contributed by atoms with Crippen LogP contribution in [-0.4, -0.2) is 101 Å². The quantitative estimate of drug-likeness (QED) is 0.0826. The zero-order valence-corrected chi connectivity index (χ0v) is 46.7. The third kappa shape index (κ3) is 10.7. The average Bonchev–Trinajstić information content (AvgIpc) is 3.62. The van der Waals surface area contributed by atoms with Gasteiger partial charge in [-0.15, -0.1) is 0 Å². The number of nitrogens with zero attached hydrogens (tertiary/aromatic N) is 4. The van der Waals surface area contributed by atoms with Gasteiger partial charge in [0.2, 0.25) is 11.8 Å². The summed E-state index contributed by atoms with van der Waals surface area (Å²) in [7, 11) is 6.43. The number of aryl methyl sites for hydroxylation is 1. The van der Waals surface area contributed by atoms with Gasteiger partial charge < -0.3 is 50.3 Å². The van der Waals surface area contributed by atoms with Crippen LogP contribution in [0.15, 0.2) is 136 Å². The molecule has 77 heavy (non-hydrogen) atoms. The van der Waals surface area contributed by atoms with Gasteiger partial charge in [0.15, 0.2) is 0 Å². The van der Waals surface area contributed by atoms with Crippen molar-refractivity contribution in [1.82, 2.24) is 21.3 Å². The second-order valence-corrected chi connectivity index (χ2v) is 20.9. The van der Waals surface area contributed by atoms with Gasteiger partial charge in [0.05, 0.1) is 75.2 Å². The highest BCUT2D eigenvalue weighted by molar-refractivity contribution is 9.10. The van der Waals surface area contributed by atoms with Gasteiger partial charge >= 0.3 is 0 Å². The second kappa shape index (κ2) is 22.9. The summed E-state index contributed by atoms with van der Waals surface area (Å²) in [5.74, 6) is -1.59. The Kier molecular flexibility index (Phi) is 16.1. The highest BCUT2D eigenvalue weighted by Gasteiger charge is 2.41. The van der Waals surface area contributed by atoms with E-state index in [0.717, 1.165) is 41.6 Å². The van der Waals surface area contributed by atoms with Crippen molar-refractivity contribution in [2.24, 2.45) is 0 Å². The van der Waals surface area contributed by atoms with Crippen LogP contribution in [0.5, 0.6) is 11.5 Å². The van der Waals surface area contributed by atoms with Gasteiger partial charge in [-0.3, -0.25) is 28.8 Å². The molecule has 0 fully saturated rings. The number of carbonyl (C=O) groups excluding carboxylic acids is 6. The molecule has 6 amide bonds. The van der Waals surface area contributed by atoms with E-state index < -0.39 is 59.6 Å². The van der Waals surface area contributed by atoms with Gasteiger partial charge in [-0.25, -0.2) is 0 Å². The van der Waals surface area contributed by atoms with Crippen molar-refractivity contribution in [3.05, 3.63) is 164 Å². The Morgan fingerprint density at radius 1 is 0.571 bits per heavy atom. The number of anilines is 4. The van der Waals surface area contributed by atoms with Crippen LogP contribution in [0.25, 0.3) is 21.5 Å². The Bertz CT molecular complexity index is 3500. The molecule has 2 heterocycles. The van der Waals surface area contributed by atoms with Crippen LogP contribution >= 0.6 is 31.9 Å². The number of hydrogen-bond acceptors (Lipinski definition) is 10. The molecule has 0 radical (unpaired) electrons. The normalized spacial score (nSPS) is 16.3. The number of halogens is 2. The monoisotopic (exact) mass is 1160 g/mol. The summed E-state index contributed by atoms with van der Waals surface area (Å²) in [5.41, 5.74) is 4.09.